The minimum atomic E-state index is -0.556. The number of likely N-dealkylation sites (tertiary alicyclic amines) is 1. The van der Waals surface area contributed by atoms with Gasteiger partial charge < -0.3 is 10.6 Å². The summed E-state index contributed by atoms with van der Waals surface area (Å²) in [5.41, 5.74) is 8.10. The number of hydrogen-bond acceptors (Lipinski definition) is 2. The third-order valence-electron chi connectivity index (χ3n) is 4.96. The van der Waals surface area contributed by atoms with Crippen molar-refractivity contribution >= 4 is 23.4 Å². The van der Waals surface area contributed by atoms with Crippen LogP contribution in [0.25, 0.3) is 11.1 Å². The zero-order valence-corrected chi connectivity index (χ0v) is 15.6. The first-order valence-corrected chi connectivity index (χ1v) is 9.39. The summed E-state index contributed by atoms with van der Waals surface area (Å²) in [7, 11) is 0. The van der Waals surface area contributed by atoms with E-state index in [1.807, 2.05) is 35.2 Å². The molecule has 26 heavy (non-hydrogen) atoms. The first-order valence-electron chi connectivity index (χ1n) is 9.02. The summed E-state index contributed by atoms with van der Waals surface area (Å²) >= 11 is 6.01. The standard InChI is InChI=1S/C21H23ClN2O2/c1-2-4-17-5-3-12-24(17)21(26)15-8-6-14(7-9-15)16-10-11-19(22)18(13-16)20(23)25/h6-11,13,17H,2-5,12H2,1H3,(H2,23,25)/t17-/m0/s1. The third-order valence-corrected chi connectivity index (χ3v) is 5.29. The van der Waals surface area contributed by atoms with Crippen molar-refractivity contribution in [2.75, 3.05) is 6.54 Å². The fourth-order valence-electron chi connectivity index (χ4n) is 3.60. The van der Waals surface area contributed by atoms with E-state index in [2.05, 4.69) is 6.92 Å². The summed E-state index contributed by atoms with van der Waals surface area (Å²) < 4.78 is 0. The minimum absolute atomic E-state index is 0.0985. The predicted molar refractivity (Wildman–Crippen MR) is 104 cm³/mol. The molecule has 1 saturated heterocycles. The monoisotopic (exact) mass is 370 g/mol. The van der Waals surface area contributed by atoms with Crippen molar-refractivity contribution in [3.8, 4) is 11.1 Å². The predicted octanol–water partition coefficient (Wildman–Crippen LogP) is 4.51. The minimum Gasteiger partial charge on any atom is -0.366 e. The van der Waals surface area contributed by atoms with E-state index < -0.39 is 5.91 Å². The summed E-state index contributed by atoms with van der Waals surface area (Å²) in [5, 5.41) is 0.337. The van der Waals surface area contributed by atoms with Crippen molar-refractivity contribution in [2.45, 2.75) is 38.6 Å². The second-order valence-corrected chi connectivity index (χ2v) is 7.13. The zero-order chi connectivity index (χ0) is 18.7. The molecule has 2 aromatic carbocycles. The average molecular weight is 371 g/mol. The molecular formula is C21H23ClN2O2. The number of rotatable bonds is 5. The number of halogens is 1. The van der Waals surface area contributed by atoms with Gasteiger partial charge in [0.2, 0.25) is 5.91 Å². The van der Waals surface area contributed by atoms with E-state index in [9.17, 15) is 9.59 Å². The fraction of sp³-hybridized carbons (Fsp3) is 0.333. The van der Waals surface area contributed by atoms with E-state index in [0.717, 1.165) is 43.4 Å². The number of benzene rings is 2. The molecule has 0 bridgehead atoms. The van der Waals surface area contributed by atoms with E-state index in [1.165, 1.54) is 0 Å². The lowest BCUT2D eigenvalue weighted by Crippen LogP contribution is -2.35. The van der Waals surface area contributed by atoms with E-state index in [-0.39, 0.29) is 5.91 Å². The third kappa shape index (κ3) is 3.75. The second-order valence-electron chi connectivity index (χ2n) is 6.72. The SMILES string of the molecule is CCC[C@H]1CCCN1C(=O)c1ccc(-c2ccc(Cl)c(C(N)=O)c2)cc1. The molecule has 2 amide bonds. The molecule has 136 valence electrons. The Bertz CT molecular complexity index is 817. The molecule has 1 fully saturated rings. The summed E-state index contributed by atoms with van der Waals surface area (Å²) in [6.07, 6.45) is 4.32. The van der Waals surface area contributed by atoms with Crippen molar-refractivity contribution in [3.63, 3.8) is 0 Å². The van der Waals surface area contributed by atoms with Crippen LogP contribution in [0.4, 0.5) is 0 Å². The van der Waals surface area contributed by atoms with Crippen LogP contribution < -0.4 is 5.73 Å². The van der Waals surface area contributed by atoms with Crippen LogP contribution in [0.3, 0.4) is 0 Å². The molecule has 4 nitrogen and oxygen atoms in total. The van der Waals surface area contributed by atoms with Crippen LogP contribution in [0.1, 0.15) is 53.3 Å². The molecule has 2 N–H and O–H groups in total. The lowest BCUT2D eigenvalue weighted by molar-refractivity contribution is 0.0730. The Hall–Kier alpha value is -2.33. The number of carbonyl (C=O) groups is 2. The second kappa shape index (κ2) is 7.92. The summed E-state index contributed by atoms with van der Waals surface area (Å²) in [6.45, 7) is 2.99. The van der Waals surface area contributed by atoms with Crippen LogP contribution in [-0.4, -0.2) is 29.3 Å². The number of carbonyl (C=O) groups excluding carboxylic acids is 2. The van der Waals surface area contributed by atoms with E-state index >= 15 is 0 Å². The maximum atomic E-state index is 12.8. The highest BCUT2D eigenvalue weighted by atomic mass is 35.5. The fourth-order valence-corrected chi connectivity index (χ4v) is 3.81. The number of nitrogens with zero attached hydrogens (tertiary/aromatic N) is 1. The normalized spacial score (nSPS) is 16.7. The van der Waals surface area contributed by atoms with Gasteiger partial charge in [-0.15, -0.1) is 0 Å². The molecular weight excluding hydrogens is 348 g/mol. The largest absolute Gasteiger partial charge is 0.366 e. The molecule has 0 spiro atoms. The van der Waals surface area contributed by atoms with Gasteiger partial charge in [-0.1, -0.05) is 43.1 Å². The molecule has 1 heterocycles. The van der Waals surface area contributed by atoms with Gasteiger partial charge >= 0.3 is 0 Å². The molecule has 3 rings (SSSR count). The highest BCUT2D eigenvalue weighted by Gasteiger charge is 2.28. The Morgan fingerprint density at radius 1 is 1.15 bits per heavy atom. The quantitative estimate of drug-likeness (QED) is 0.841. The van der Waals surface area contributed by atoms with Gasteiger partial charge in [-0.3, -0.25) is 9.59 Å². The topological polar surface area (TPSA) is 63.4 Å². The Kier molecular flexibility index (Phi) is 5.62. The van der Waals surface area contributed by atoms with Gasteiger partial charge in [0.25, 0.3) is 5.91 Å². The molecule has 2 aromatic rings. The van der Waals surface area contributed by atoms with E-state index in [1.54, 1.807) is 12.1 Å². The van der Waals surface area contributed by atoms with Gasteiger partial charge in [-0.05, 0) is 54.7 Å². The number of amides is 2. The Balaban J connectivity index is 1.81. The summed E-state index contributed by atoms with van der Waals surface area (Å²) in [5.74, 6) is -0.457. The van der Waals surface area contributed by atoms with Crippen LogP contribution in [0, 0.1) is 0 Å². The molecule has 1 aliphatic heterocycles. The maximum absolute atomic E-state index is 12.8. The summed E-state index contributed by atoms with van der Waals surface area (Å²) in [4.78, 5) is 26.3. The Labute approximate surface area is 158 Å². The highest BCUT2D eigenvalue weighted by Crippen LogP contribution is 2.27. The number of nitrogens with two attached hydrogens (primary N) is 1. The van der Waals surface area contributed by atoms with Gasteiger partial charge in [0.1, 0.15) is 0 Å². The van der Waals surface area contributed by atoms with Gasteiger partial charge in [0.05, 0.1) is 10.6 Å². The Morgan fingerprint density at radius 2 is 1.85 bits per heavy atom. The van der Waals surface area contributed by atoms with Crippen LogP contribution in [-0.2, 0) is 0 Å². The van der Waals surface area contributed by atoms with E-state index in [4.69, 9.17) is 17.3 Å². The van der Waals surface area contributed by atoms with E-state index in [0.29, 0.717) is 22.2 Å². The smallest absolute Gasteiger partial charge is 0.254 e. The molecule has 1 atom stereocenters. The molecule has 1 aliphatic rings. The molecule has 0 radical (unpaired) electrons. The van der Waals surface area contributed by atoms with Crippen LogP contribution in [0.2, 0.25) is 5.02 Å². The van der Waals surface area contributed by atoms with Gasteiger partial charge in [-0.2, -0.15) is 0 Å². The van der Waals surface area contributed by atoms with Crippen molar-refractivity contribution < 1.29 is 9.59 Å². The first kappa shape index (κ1) is 18.5. The highest BCUT2D eigenvalue weighted by molar-refractivity contribution is 6.33. The van der Waals surface area contributed by atoms with Crippen molar-refractivity contribution in [1.29, 1.82) is 0 Å². The van der Waals surface area contributed by atoms with Crippen LogP contribution in [0.15, 0.2) is 42.5 Å². The number of hydrogen-bond donors (Lipinski definition) is 1. The van der Waals surface area contributed by atoms with Gasteiger partial charge in [-0.25, -0.2) is 0 Å². The van der Waals surface area contributed by atoms with Crippen molar-refractivity contribution in [3.05, 3.63) is 58.6 Å². The van der Waals surface area contributed by atoms with Crippen LogP contribution >= 0.6 is 11.6 Å². The molecule has 0 saturated carbocycles. The Morgan fingerprint density at radius 3 is 2.50 bits per heavy atom. The summed E-state index contributed by atoms with van der Waals surface area (Å²) in [6, 6.07) is 13.0. The zero-order valence-electron chi connectivity index (χ0n) is 14.9. The molecule has 0 aliphatic carbocycles. The van der Waals surface area contributed by atoms with Gasteiger partial charge in [0, 0.05) is 18.2 Å². The number of primary amides is 1. The maximum Gasteiger partial charge on any atom is 0.254 e. The molecule has 0 aromatic heterocycles. The average Bonchev–Trinajstić information content (AvgIpc) is 3.10. The van der Waals surface area contributed by atoms with Crippen molar-refractivity contribution in [1.82, 2.24) is 4.90 Å². The molecule has 5 heteroatoms. The van der Waals surface area contributed by atoms with Crippen LogP contribution in [0.5, 0.6) is 0 Å². The lowest BCUT2D eigenvalue weighted by atomic mass is 10.0. The first-order chi connectivity index (χ1) is 12.5. The van der Waals surface area contributed by atoms with Crippen molar-refractivity contribution in [2.24, 2.45) is 5.73 Å². The molecule has 0 unspecified atom stereocenters. The lowest BCUT2D eigenvalue weighted by Gasteiger charge is -2.24. The van der Waals surface area contributed by atoms with Gasteiger partial charge in [0.15, 0.2) is 0 Å².